The lowest BCUT2D eigenvalue weighted by Gasteiger charge is -2.31. The van der Waals surface area contributed by atoms with Gasteiger partial charge in [-0.2, -0.15) is 0 Å². The van der Waals surface area contributed by atoms with E-state index in [0.717, 1.165) is 16.7 Å². The number of carbonyl (C=O) groups excluding carboxylic acids is 1. The van der Waals surface area contributed by atoms with Crippen molar-refractivity contribution in [3.8, 4) is 11.1 Å². The van der Waals surface area contributed by atoms with Crippen molar-refractivity contribution in [2.24, 2.45) is 0 Å². The highest BCUT2D eigenvalue weighted by atomic mass is 16.5. The number of aryl methyl sites for hydroxylation is 2. The molecule has 152 valence electrons. The van der Waals surface area contributed by atoms with Gasteiger partial charge in [-0.15, -0.1) is 0 Å². The molecule has 1 amide bonds. The number of hydrogen-bond acceptors (Lipinski definition) is 6. The molecule has 3 N–H and O–H groups in total. The summed E-state index contributed by atoms with van der Waals surface area (Å²) in [5.41, 5.74) is 2.93. The van der Waals surface area contributed by atoms with Gasteiger partial charge in [0.25, 0.3) is 5.91 Å². The topological polar surface area (TPSA) is 105 Å². The standard InChI is InChI=1S/C22H24N2O5/c1-14-19(23-15(2)29-14)20(25)22(3,21(26)24-27)28-13-16-9-11-18(12-10-16)17-7-5-4-6-8-17/h4-12,20,25,27H,13H2,1-3H3,(H,24,26)/t20-,22-/m0/s1. The second-order valence-corrected chi connectivity index (χ2v) is 6.98. The predicted molar refractivity (Wildman–Crippen MR) is 106 cm³/mol. The van der Waals surface area contributed by atoms with Crippen molar-refractivity contribution in [2.45, 2.75) is 39.1 Å². The van der Waals surface area contributed by atoms with Crippen molar-refractivity contribution in [1.29, 1.82) is 0 Å². The number of hydrogen-bond donors (Lipinski definition) is 3. The third-order valence-corrected chi connectivity index (χ3v) is 4.87. The molecule has 29 heavy (non-hydrogen) atoms. The molecule has 0 fully saturated rings. The fourth-order valence-electron chi connectivity index (χ4n) is 3.10. The zero-order valence-electron chi connectivity index (χ0n) is 16.5. The summed E-state index contributed by atoms with van der Waals surface area (Å²) < 4.78 is 11.1. The summed E-state index contributed by atoms with van der Waals surface area (Å²) in [6.07, 6.45) is -1.43. The number of oxazole rings is 1. The van der Waals surface area contributed by atoms with Gasteiger partial charge in [0, 0.05) is 6.92 Å². The van der Waals surface area contributed by atoms with E-state index in [0.29, 0.717) is 11.7 Å². The Labute approximate surface area is 168 Å². The Bertz CT molecular complexity index is 969. The monoisotopic (exact) mass is 396 g/mol. The summed E-state index contributed by atoms with van der Waals surface area (Å²) in [5, 5.41) is 20.0. The highest BCUT2D eigenvalue weighted by Crippen LogP contribution is 2.32. The Morgan fingerprint density at radius 2 is 1.76 bits per heavy atom. The van der Waals surface area contributed by atoms with Gasteiger partial charge in [-0.05, 0) is 30.5 Å². The lowest BCUT2D eigenvalue weighted by Crippen LogP contribution is -2.50. The van der Waals surface area contributed by atoms with E-state index < -0.39 is 17.6 Å². The maximum atomic E-state index is 12.3. The van der Waals surface area contributed by atoms with E-state index in [-0.39, 0.29) is 12.3 Å². The number of ether oxygens (including phenoxy) is 1. The van der Waals surface area contributed by atoms with E-state index in [1.807, 2.05) is 54.6 Å². The molecule has 0 saturated carbocycles. The van der Waals surface area contributed by atoms with Crippen LogP contribution in [0.2, 0.25) is 0 Å². The first-order valence-electron chi connectivity index (χ1n) is 9.20. The van der Waals surface area contributed by atoms with Gasteiger partial charge in [-0.1, -0.05) is 54.6 Å². The highest BCUT2D eigenvalue weighted by molar-refractivity contribution is 5.84. The summed E-state index contributed by atoms with van der Waals surface area (Å²) in [6.45, 7) is 4.72. The van der Waals surface area contributed by atoms with Gasteiger partial charge in [0.1, 0.15) is 17.6 Å². The van der Waals surface area contributed by atoms with Crippen LogP contribution in [0, 0.1) is 13.8 Å². The van der Waals surface area contributed by atoms with Gasteiger partial charge < -0.3 is 14.3 Å². The first-order valence-corrected chi connectivity index (χ1v) is 9.20. The molecule has 0 aliphatic carbocycles. The Morgan fingerprint density at radius 1 is 1.14 bits per heavy atom. The van der Waals surface area contributed by atoms with Crippen LogP contribution in [0.5, 0.6) is 0 Å². The van der Waals surface area contributed by atoms with Crippen molar-refractivity contribution in [1.82, 2.24) is 10.5 Å². The average Bonchev–Trinajstić information content (AvgIpc) is 3.09. The van der Waals surface area contributed by atoms with E-state index in [1.54, 1.807) is 19.3 Å². The van der Waals surface area contributed by atoms with Crippen LogP contribution in [0.15, 0.2) is 59.0 Å². The van der Waals surface area contributed by atoms with Crippen molar-refractivity contribution in [2.75, 3.05) is 0 Å². The van der Waals surface area contributed by atoms with Gasteiger partial charge in [-0.25, -0.2) is 10.5 Å². The SMILES string of the molecule is Cc1nc([C@H](O)[C@](C)(OCc2ccc(-c3ccccc3)cc2)C(=O)NO)c(C)o1. The summed E-state index contributed by atoms with van der Waals surface area (Å²) in [5.74, 6) is -0.145. The van der Waals surface area contributed by atoms with Crippen LogP contribution < -0.4 is 5.48 Å². The number of amides is 1. The summed E-state index contributed by atoms with van der Waals surface area (Å²) in [7, 11) is 0. The smallest absolute Gasteiger partial charge is 0.278 e. The van der Waals surface area contributed by atoms with Crippen molar-refractivity contribution >= 4 is 5.91 Å². The number of aromatic nitrogens is 1. The number of nitrogens with one attached hydrogen (secondary N) is 1. The maximum absolute atomic E-state index is 12.3. The maximum Gasteiger partial charge on any atom is 0.278 e. The molecule has 7 heteroatoms. The summed E-state index contributed by atoms with van der Waals surface area (Å²) in [6, 6.07) is 17.6. The van der Waals surface area contributed by atoms with Gasteiger partial charge in [0.2, 0.25) is 0 Å². The number of carbonyl (C=O) groups is 1. The first kappa shape index (κ1) is 20.7. The van der Waals surface area contributed by atoms with Crippen LogP contribution in [-0.2, 0) is 16.1 Å². The minimum Gasteiger partial charge on any atom is -0.446 e. The average molecular weight is 396 g/mol. The first-order chi connectivity index (χ1) is 13.8. The number of benzene rings is 2. The van der Waals surface area contributed by atoms with E-state index >= 15 is 0 Å². The molecule has 2 aromatic carbocycles. The van der Waals surface area contributed by atoms with Crippen molar-refractivity contribution in [3.05, 3.63) is 77.5 Å². The second-order valence-electron chi connectivity index (χ2n) is 6.98. The minimum atomic E-state index is -1.78. The zero-order chi connectivity index (χ0) is 21.0. The van der Waals surface area contributed by atoms with Crippen molar-refractivity contribution in [3.63, 3.8) is 0 Å². The fraction of sp³-hybridized carbons (Fsp3) is 0.273. The van der Waals surface area contributed by atoms with Crippen LogP contribution in [0.25, 0.3) is 11.1 Å². The third-order valence-electron chi connectivity index (χ3n) is 4.87. The minimum absolute atomic E-state index is 0.0476. The van der Waals surface area contributed by atoms with Crippen LogP contribution in [0.1, 0.15) is 35.9 Å². The molecule has 0 spiro atoms. The van der Waals surface area contributed by atoms with Crippen LogP contribution >= 0.6 is 0 Å². The molecule has 0 unspecified atom stereocenters. The Morgan fingerprint density at radius 3 is 2.31 bits per heavy atom. The Hall–Kier alpha value is -3.00. The van der Waals surface area contributed by atoms with E-state index in [4.69, 9.17) is 14.4 Å². The second kappa shape index (κ2) is 8.57. The van der Waals surface area contributed by atoms with Crippen LogP contribution in [-0.4, -0.2) is 26.8 Å². The molecular weight excluding hydrogens is 372 g/mol. The van der Waals surface area contributed by atoms with Crippen LogP contribution in [0.3, 0.4) is 0 Å². The van der Waals surface area contributed by atoms with E-state index in [9.17, 15) is 9.90 Å². The van der Waals surface area contributed by atoms with E-state index in [2.05, 4.69) is 4.98 Å². The lowest BCUT2D eigenvalue weighted by atomic mass is 9.94. The number of rotatable bonds is 7. The summed E-state index contributed by atoms with van der Waals surface area (Å²) >= 11 is 0. The van der Waals surface area contributed by atoms with Gasteiger partial charge in [-0.3, -0.25) is 10.0 Å². The van der Waals surface area contributed by atoms with Gasteiger partial charge >= 0.3 is 0 Å². The molecule has 0 bridgehead atoms. The lowest BCUT2D eigenvalue weighted by molar-refractivity contribution is -0.174. The Balaban J connectivity index is 1.79. The molecule has 3 rings (SSSR count). The quantitative estimate of drug-likeness (QED) is 0.417. The molecule has 0 aliphatic rings. The summed E-state index contributed by atoms with van der Waals surface area (Å²) in [4.78, 5) is 16.5. The van der Waals surface area contributed by atoms with Gasteiger partial charge in [0.05, 0.1) is 6.61 Å². The molecule has 3 aromatic rings. The largest absolute Gasteiger partial charge is 0.446 e. The molecule has 1 heterocycles. The zero-order valence-corrected chi connectivity index (χ0v) is 16.5. The molecule has 0 saturated heterocycles. The fourth-order valence-corrected chi connectivity index (χ4v) is 3.10. The number of aliphatic hydroxyl groups is 1. The third kappa shape index (κ3) is 4.37. The number of nitrogens with zero attached hydrogens (tertiary/aromatic N) is 1. The van der Waals surface area contributed by atoms with Gasteiger partial charge in [0.15, 0.2) is 11.5 Å². The van der Waals surface area contributed by atoms with Crippen LogP contribution in [0.4, 0.5) is 0 Å². The molecule has 1 aromatic heterocycles. The molecule has 2 atom stereocenters. The molecule has 0 aliphatic heterocycles. The number of aliphatic hydroxyl groups excluding tert-OH is 1. The Kier molecular flexibility index (Phi) is 6.12. The normalized spacial score (nSPS) is 14.2. The highest BCUT2D eigenvalue weighted by Gasteiger charge is 2.45. The van der Waals surface area contributed by atoms with Crippen molar-refractivity contribution < 1.29 is 24.3 Å². The molecular formula is C22H24N2O5. The molecule has 0 radical (unpaired) electrons. The predicted octanol–water partition coefficient (Wildman–Crippen LogP) is 3.47. The van der Waals surface area contributed by atoms with E-state index in [1.165, 1.54) is 6.92 Å². The molecule has 7 nitrogen and oxygen atoms in total. The number of hydroxylamine groups is 1.